The SMILES string of the molecule is c1ccc(COC[C@@H]2OCC[C@@H](OCc3ccccc3)[C@@H]2OCc2ccccc2)cc1. The summed E-state index contributed by atoms with van der Waals surface area (Å²) in [4.78, 5) is 0. The van der Waals surface area contributed by atoms with Crippen LogP contribution in [-0.2, 0) is 38.8 Å². The van der Waals surface area contributed by atoms with Crippen LogP contribution in [-0.4, -0.2) is 31.5 Å². The zero-order valence-corrected chi connectivity index (χ0v) is 17.8. The van der Waals surface area contributed by atoms with E-state index in [4.69, 9.17) is 18.9 Å². The van der Waals surface area contributed by atoms with Gasteiger partial charge in [-0.3, -0.25) is 0 Å². The standard InChI is InChI=1S/C27H30O4/c1-4-10-22(11-5-1)18-28-21-26-27(31-20-24-14-8-3-9-15-24)25(16-17-29-26)30-19-23-12-6-2-7-13-23/h1-15,25-27H,16-21H2/t25-,26+,27+/m1/s1. The number of ether oxygens (including phenoxy) is 4. The molecule has 1 aliphatic heterocycles. The van der Waals surface area contributed by atoms with Gasteiger partial charge in [-0.1, -0.05) is 91.0 Å². The summed E-state index contributed by atoms with van der Waals surface area (Å²) in [6.45, 7) is 2.76. The second kappa shape index (κ2) is 11.8. The third-order valence-electron chi connectivity index (χ3n) is 5.45. The first kappa shape index (κ1) is 21.7. The number of benzene rings is 3. The van der Waals surface area contributed by atoms with Gasteiger partial charge in [0.05, 0.1) is 32.5 Å². The average Bonchev–Trinajstić information content (AvgIpc) is 2.84. The van der Waals surface area contributed by atoms with Crippen molar-refractivity contribution in [1.82, 2.24) is 0 Å². The van der Waals surface area contributed by atoms with Crippen LogP contribution in [0.3, 0.4) is 0 Å². The lowest BCUT2D eigenvalue weighted by Crippen LogP contribution is -2.49. The van der Waals surface area contributed by atoms with Crippen molar-refractivity contribution in [3.05, 3.63) is 108 Å². The molecule has 1 saturated heterocycles. The molecule has 3 atom stereocenters. The van der Waals surface area contributed by atoms with E-state index in [9.17, 15) is 0 Å². The lowest BCUT2D eigenvalue weighted by Gasteiger charge is -2.37. The third kappa shape index (κ3) is 6.74. The first-order chi connectivity index (χ1) is 15.4. The molecular weight excluding hydrogens is 388 g/mol. The highest BCUT2D eigenvalue weighted by molar-refractivity contribution is 5.15. The molecule has 1 fully saturated rings. The average molecular weight is 419 g/mol. The van der Waals surface area contributed by atoms with Gasteiger partial charge in [-0.05, 0) is 23.1 Å². The monoisotopic (exact) mass is 418 g/mol. The van der Waals surface area contributed by atoms with E-state index in [2.05, 4.69) is 36.4 Å². The Kier molecular flexibility index (Phi) is 8.25. The first-order valence-electron chi connectivity index (χ1n) is 10.9. The van der Waals surface area contributed by atoms with Gasteiger partial charge in [0.15, 0.2) is 0 Å². The van der Waals surface area contributed by atoms with Gasteiger partial charge < -0.3 is 18.9 Å². The third-order valence-corrected chi connectivity index (χ3v) is 5.45. The van der Waals surface area contributed by atoms with Crippen molar-refractivity contribution in [3.63, 3.8) is 0 Å². The van der Waals surface area contributed by atoms with Crippen LogP contribution < -0.4 is 0 Å². The minimum absolute atomic E-state index is 0.0389. The smallest absolute Gasteiger partial charge is 0.113 e. The normalized spacial score (nSPS) is 21.1. The van der Waals surface area contributed by atoms with E-state index in [0.29, 0.717) is 33.0 Å². The van der Waals surface area contributed by atoms with Crippen molar-refractivity contribution in [2.75, 3.05) is 13.2 Å². The molecule has 3 aromatic carbocycles. The molecule has 31 heavy (non-hydrogen) atoms. The van der Waals surface area contributed by atoms with Crippen molar-refractivity contribution in [1.29, 1.82) is 0 Å². The van der Waals surface area contributed by atoms with Gasteiger partial charge in [-0.15, -0.1) is 0 Å². The maximum atomic E-state index is 6.36. The van der Waals surface area contributed by atoms with Gasteiger partial charge >= 0.3 is 0 Å². The highest BCUT2D eigenvalue weighted by atomic mass is 16.6. The Morgan fingerprint density at radius 2 is 1.16 bits per heavy atom. The minimum Gasteiger partial charge on any atom is -0.374 e. The summed E-state index contributed by atoms with van der Waals surface area (Å²) in [7, 11) is 0. The van der Waals surface area contributed by atoms with Gasteiger partial charge in [0.2, 0.25) is 0 Å². The van der Waals surface area contributed by atoms with Crippen LogP contribution in [0.1, 0.15) is 23.1 Å². The zero-order valence-electron chi connectivity index (χ0n) is 17.8. The van der Waals surface area contributed by atoms with Crippen molar-refractivity contribution in [2.24, 2.45) is 0 Å². The molecule has 0 radical (unpaired) electrons. The molecule has 1 aliphatic rings. The molecule has 0 N–H and O–H groups in total. The predicted octanol–water partition coefficient (Wildman–Crippen LogP) is 5.16. The highest BCUT2D eigenvalue weighted by Gasteiger charge is 2.36. The van der Waals surface area contributed by atoms with E-state index in [-0.39, 0.29) is 18.3 Å². The Morgan fingerprint density at radius 3 is 1.74 bits per heavy atom. The fourth-order valence-corrected chi connectivity index (χ4v) is 3.78. The van der Waals surface area contributed by atoms with E-state index >= 15 is 0 Å². The molecule has 0 aromatic heterocycles. The zero-order chi connectivity index (χ0) is 21.1. The summed E-state index contributed by atoms with van der Waals surface area (Å²) in [6.07, 6.45) is 0.417. The molecule has 3 aromatic rings. The molecule has 1 heterocycles. The fourth-order valence-electron chi connectivity index (χ4n) is 3.78. The topological polar surface area (TPSA) is 36.9 Å². The maximum absolute atomic E-state index is 6.36. The van der Waals surface area contributed by atoms with Crippen LogP contribution in [0.2, 0.25) is 0 Å². The van der Waals surface area contributed by atoms with E-state index in [1.807, 2.05) is 54.6 Å². The molecule has 4 nitrogen and oxygen atoms in total. The second-order valence-corrected chi connectivity index (χ2v) is 7.79. The molecule has 0 spiro atoms. The lowest BCUT2D eigenvalue weighted by atomic mass is 10.0. The van der Waals surface area contributed by atoms with Crippen LogP contribution in [0.15, 0.2) is 91.0 Å². The maximum Gasteiger partial charge on any atom is 0.113 e. The fraction of sp³-hybridized carbons (Fsp3) is 0.333. The molecule has 0 aliphatic carbocycles. The Hall–Kier alpha value is -2.50. The van der Waals surface area contributed by atoms with Gasteiger partial charge in [0.25, 0.3) is 0 Å². The van der Waals surface area contributed by atoms with Crippen LogP contribution in [0.4, 0.5) is 0 Å². The highest BCUT2D eigenvalue weighted by Crippen LogP contribution is 2.24. The van der Waals surface area contributed by atoms with Crippen molar-refractivity contribution >= 4 is 0 Å². The largest absolute Gasteiger partial charge is 0.374 e. The van der Waals surface area contributed by atoms with Crippen LogP contribution >= 0.6 is 0 Å². The van der Waals surface area contributed by atoms with Crippen LogP contribution in [0, 0.1) is 0 Å². The Morgan fingerprint density at radius 1 is 0.645 bits per heavy atom. The first-order valence-corrected chi connectivity index (χ1v) is 10.9. The van der Waals surface area contributed by atoms with Crippen molar-refractivity contribution in [2.45, 2.75) is 44.6 Å². The molecule has 0 bridgehead atoms. The molecule has 0 saturated carbocycles. The number of hydrogen-bond acceptors (Lipinski definition) is 4. The minimum atomic E-state index is -0.187. The van der Waals surface area contributed by atoms with E-state index in [1.54, 1.807) is 0 Å². The molecule has 162 valence electrons. The van der Waals surface area contributed by atoms with Crippen LogP contribution in [0.25, 0.3) is 0 Å². The molecular formula is C27H30O4. The van der Waals surface area contributed by atoms with Gasteiger partial charge in [0, 0.05) is 6.61 Å². The van der Waals surface area contributed by atoms with Crippen molar-refractivity contribution in [3.8, 4) is 0 Å². The lowest BCUT2D eigenvalue weighted by molar-refractivity contribution is -0.197. The second-order valence-electron chi connectivity index (χ2n) is 7.79. The summed E-state index contributed by atoms with van der Waals surface area (Å²) in [5.74, 6) is 0. The quantitative estimate of drug-likeness (QED) is 0.456. The Balaban J connectivity index is 1.38. The Bertz CT molecular complexity index is 870. The Labute approximate surface area is 184 Å². The molecule has 0 unspecified atom stereocenters. The van der Waals surface area contributed by atoms with Gasteiger partial charge in [-0.25, -0.2) is 0 Å². The van der Waals surface area contributed by atoms with Gasteiger partial charge in [0.1, 0.15) is 12.2 Å². The molecule has 4 heteroatoms. The number of hydrogen-bond donors (Lipinski definition) is 0. The summed E-state index contributed by atoms with van der Waals surface area (Å²) >= 11 is 0. The van der Waals surface area contributed by atoms with Crippen LogP contribution in [0.5, 0.6) is 0 Å². The van der Waals surface area contributed by atoms with Gasteiger partial charge in [-0.2, -0.15) is 0 Å². The summed E-state index contributed by atoms with van der Waals surface area (Å²) in [6, 6.07) is 30.7. The van der Waals surface area contributed by atoms with E-state index in [1.165, 1.54) is 0 Å². The summed E-state index contributed by atoms with van der Waals surface area (Å²) in [5, 5.41) is 0. The molecule has 0 amide bonds. The van der Waals surface area contributed by atoms with Crippen molar-refractivity contribution < 1.29 is 18.9 Å². The summed E-state index contributed by atoms with van der Waals surface area (Å²) < 4.78 is 24.7. The van der Waals surface area contributed by atoms with E-state index < -0.39 is 0 Å². The number of rotatable bonds is 10. The predicted molar refractivity (Wildman–Crippen MR) is 120 cm³/mol. The van der Waals surface area contributed by atoms with E-state index in [0.717, 1.165) is 23.1 Å². The summed E-state index contributed by atoms with van der Waals surface area (Å²) in [5.41, 5.74) is 3.45. The molecule has 4 rings (SSSR count).